The third kappa shape index (κ3) is 4.22. The van der Waals surface area contributed by atoms with Crippen LogP contribution in [0.5, 0.6) is 0 Å². The summed E-state index contributed by atoms with van der Waals surface area (Å²) in [5, 5.41) is 0. The van der Waals surface area contributed by atoms with Gasteiger partial charge < -0.3 is 4.74 Å². The van der Waals surface area contributed by atoms with Crippen LogP contribution in [0.15, 0.2) is 12.7 Å². The molecule has 0 aromatic heterocycles. The number of halogens is 20. The summed E-state index contributed by atoms with van der Waals surface area (Å²) < 4.78 is 263. The molecule has 0 N–H and O–H groups in total. The van der Waals surface area contributed by atoms with Crippen molar-refractivity contribution in [3.05, 3.63) is 12.7 Å². The molecule has 35 heavy (non-hydrogen) atoms. The van der Waals surface area contributed by atoms with Crippen LogP contribution in [0.3, 0.4) is 0 Å². The predicted molar refractivity (Wildman–Crippen MR) is 66.8 cm³/mol. The monoisotopic (exact) mass is 572 g/mol. The standard InChI is InChI=1S/C13H4F20O2/c1-2-3(34)35-4(14)5(15,16)6(17,18)7(19,20)8(21,22)9(23,24)10(25,26)11(27,28)12(29,30)13(31,32)33/h2,4H,1H2. The fourth-order valence-electron chi connectivity index (χ4n) is 1.74. The Bertz CT molecular complexity index is 808. The van der Waals surface area contributed by atoms with Crippen LogP contribution < -0.4 is 0 Å². The van der Waals surface area contributed by atoms with Crippen molar-refractivity contribution in [3.8, 4) is 0 Å². The second-order valence-corrected chi connectivity index (χ2v) is 6.10. The second-order valence-electron chi connectivity index (χ2n) is 6.10. The van der Waals surface area contributed by atoms with E-state index in [1.54, 1.807) is 0 Å². The van der Waals surface area contributed by atoms with E-state index in [0.717, 1.165) is 0 Å². The van der Waals surface area contributed by atoms with Gasteiger partial charge in [0.2, 0.25) is 0 Å². The maximum atomic E-state index is 13.4. The largest absolute Gasteiger partial charge is 0.460 e. The van der Waals surface area contributed by atoms with Crippen molar-refractivity contribution in [1.82, 2.24) is 0 Å². The zero-order valence-corrected chi connectivity index (χ0v) is 15.2. The molecule has 0 amide bonds. The van der Waals surface area contributed by atoms with Gasteiger partial charge in [0, 0.05) is 6.08 Å². The molecular weight excluding hydrogens is 568 g/mol. The number of rotatable bonds is 10. The first-order valence-corrected chi connectivity index (χ1v) is 7.44. The maximum Gasteiger partial charge on any atom is 0.460 e. The molecule has 22 heteroatoms. The van der Waals surface area contributed by atoms with Crippen molar-refractivity contribution >= 4 is 5.97 Å². The van der Waals surface area contributed by atoms with E-state index in [0.29, 0.717) is 0 Å². The molecule has 0 aromatic rings. The Labute approximate surface area is 177 Å². The maximum absolute atomic E-state index is 13.4. The lowest BCUT2D eigenvalue weighted by molar-refractivity contribution is -0.472. The van der Waals surface area contributed by atoms with E-state index in [1.807, 2.05) is 0 Å². The number of esters is 1. The van der Waals surface area contributed by atoms with Crippen molar-refractivity contribution in [2.45, 2.75) is 59.9 Å². The van der Waals surface area contributed by atoms with Gasteiger partial charge in [0.1, 0.15) is 0 Å². The number of hydrogen-bond donors (Lipinski definition) is 0. The number of carbonyl (C=O) groups excluding carboxylic acids is 1. The van der Waals surface area contributed by atoms with E-state index in [4.69, 9.17) is 0 Å². The zero-order chi connectivity index (χ0) is 29.1. The third-order valence-corrected chi connectivity index (χ3v) is 3.81. The lowest BCUT2D eigenvalue weighted by Gasteiger charge is -2.43. The minimum atomic E-state index is -9.12. The fraction of sp³-hybridized carbons (Fsp3) is 0.769. The molecule has 1 unspecified atom stereocenters. The van der Waals surface area contributed by atoms with Crippen molar-refractivity contribution < 1.29 is 97.3 Å². The van der Waals surface area contributed by atoms with Crippen LogP contribution in [0, 0.1) is 0 Å². The van der Waals surface area contributed by atoms with E-state index in [1.165, 1.54) is 0 Å². The van der Waals surface area contributed by atoms with E-state index in [-0.39, 0.29) is 6.08 Å². The van der Waals surface area contributed by atoms with E-state index in [9.17, 15) is 92.6 Å². The molecule has 2 nitrogen and oxygen atoms in total. The average molecular weight is 572 g/mol. The van der Waals surface area contributed by atoms with Gasteiger partial charge in [-0.3, -0.25) is 0 Å². The Morgan fingerprint density at radius 2 is 0.800 bits per heavy atom. The van der Waals surface area contributed by atoms with Crippen molar-refractivity contribution in [2.24, 2.45) is 0 Å². The summed E-state index contributed by atoms with van der Waals surface area (Å²) in [6.07, 6.45) is -13.8. The topological polar surface area (TPSA) is 26.3 Å². The molecule has 208 valence electrons. The van der Waals surface area contributed by atoms with Gasteiger partial charge in [0.25, 0.3) is 0 Å². The first kappa shape index (κ1) is 32.8. The van der Waals surface area contributed by atoms with Crippen LogP contribution in [0.1, 0.15) is 0 Å². The fourth-order valence-corrected chi connectivity index (χ4v) is 1.74. The Hall–Kier alpha value is -2.19. The Balaban J connectivity index is 6.90. The van der Waals surface area contributed by atoms with Gasteiger partial charge in [0.15, 0.2) is 0 Å². The molecule has 0 radical (unpaired) electrons. The Morgan fingerprint density at radius 1 is 0.543 bits per heavy atom. The molecule has 0 aliphatic carbocycles. The molecule has 0 saturated carbocycles. The van der Waals surface area contributed by atoms with Crippen LogP contribution in [-0.2, 0) is 9.53 Å². The van der Waals surface area contributed by atoms with Crippen LogP contribution >= 0.6 is 0 Å². The highest BCUT2D eigenvalue weighted by molar-refractivity contribution is 5.81. The van der Waals surface area contributed by atoms with E-state index >= 15 is 0 Å². The van der Waals surface area contributed by atoms with Gasteiger partial charge in [-0.1, -0.05) is 6.58 Å². The minimum Gasteiger partial charge on any atom is -0.421 e. The van der Waals surface area contributed by atoms with Crippen LogP contribution in [-0.4, -0.2) is 65.9 Å². The van der Waals surface area contributed by atoms with Gasteiger partial charge in [-0.05, 0) is 0 Å². The summed E-state index contributed by atoms with van der Waals surface area (Å²) in [6.45, 7) is 2.33. The molecule has 1 atom stereocenters. The van der Waals surface area contributed by atoms with Gasteiger partial charge in [-0.2, -0.15) is 87.8 Å². The van der Waals surface area contributed by atoms with Gasteiger partial charge in [0.05, 0.1) is 0 Å². The lowest BCUT2D eigenvalue weighted by atomic mass is 9.87. The molecule has 0 aliphatic heterocycles. The summed E-state index contributed by atoms with van der Waals surface area (Å²) in [5.41, 5.74) is 0. The molecule has 0 rings (SSSR count). The molecular formula is C13H4F20O2. The zero-order valence-electron chi connectivity index (χ0n) is 15.2. The van der Waals surface area contributed by atoms with Crippen LogP contribution in [0.2, 0.25) is 0 Å². The molecule has 0 aromatic carbocycles. The van der Waals surface area contributed by atoms with E-state index in [2.05, 4.69) is 11.3 Å². The van der Waals surface area contributed by atoms with Crippen molar-refractivity contribution in [1.29, 1.82) is 0 Å². The van der Waals surface area contributed by atoms with Gasteiger partial charge in [-0.25, -0.2) is 4.79 Å². The quantitative estimate of drug-likeness (QED) is 0.167. The molecule has 0 saturated heterocycles. The minimum absolute atomic E-state index is 0.356. The SMILES string of the molecule is C=CC(=O)OC(F)C(F)(F)C(F)(F)C(F)(F)C(F)(F)C(F)(F)C(F)(F)C(F)(F)C(F)(F)C(F)(F)F. The number of carbonyl (C=O) groups is 1. The molecule has 0 bridgehead atoms. The van der Waals surface area contributed by atoms with Crippen molar-refractivity contribution in [3.63, 3.8) is 0 Å². The van der Waals surface area contributed by atoms with Crippen LogP contribution in [0.4, 0.5) is 87.8 Å². The lowest BCUT2D eigenvalue weighted by Crippen LogP contribution is -2.76. The number of ether oxygens (including phenoxy) is 1. The summed E-state index contributed by atoms with van der Waals surface area (Å²) in [6, 6.07) is 0. The van der Waals surface area contributed by atoms with E-state index < -0.39 is 65.9 Å². The molecule has 0 heterocycles. The number of alkyl halides is 20. The highest BCUT2D eigenvalue weighted by Gasteiger charge is 2.97. The number of hydrogen-bond acceptors (Lipinski definition) is 2. The second kappa shape index (κ2) is 8.44. The highest BCUT2D eigenvalue weighted by atomic mass is 19.4. The van der Waals surface area contributed by atoms with Gasteiger partial charge in [-0.15, -0.1) is 0 Å². The third-order valence-electron chi connectivity index (χ3n) is 3.81. The normalized spacial score (nSPS) is 16.7. The summed E-state index contributed by atoms with van der Waals surface area (Å²) in [5.74, 6) is -71.9. The smallest absolute Gasteiger partial charge is 0.421 e. The first-order valence-electron chi connectivity index (χ1n) is 7.44. The molecule has 0 spiro atoms. The molecule has 0 fully saturated rings. The van der Waals surface area contributed by atoms with Crippen molar-refractivity contribution in [2.75, 3.05) is 0 Å². The van der Waals surface area contributed by atoms with Crippen LogP contribution in [0.25, 0.3) is 0 Å². The highest BCUT2D eigenvalue weighted by Crippen LogP contribution is 2.65. The Morgan fingerprint density at radius 3 is 1.06 bits per heavy atom. The first-order chi connectivity index (χ1) is 14.9. The summed E-state index contributed by atoms with van der Waals surface area (Å²) >= 11 is 0. The summed E-state index contributed by atoms with van der Waals surface area (Å²) in [7, 11) is 0. The van der Waals surface area contributed by atoms with Gasteiger partial charge >= 0.3 is 65.9 Å². The average Bonchev–Trinajstić information content (AvgIpc) is 2.65. The Kier molecular flexibility index (Phi) is 7.91. The predicted octanol–water partition coefficient (Wildman–Crippen LogP) is 6.66. The summed E-state index contributed by atoms with van der Waals surface area (Å²) in [4.78, 5) is 10.5. The molecule has 0 aliphatic rings.